The van der Waals surface area contributed by atoms with E-state index in [1.807, 2.05) is 29.2 Å². The molecule has 6 nitrogen and oxygen atoms in total. The molecular weight excluding hydrogens is 320 g/mol. The Balaban J connectivity index is 1.60. The first-order valence-corrected chi connectivity index (χ1v) is 8.78. The van der Waals surface area contributed by atoms with E-state index in [9.17, 15) is 14.7 Å². The highest BCUT2D eigenvalue weighted by Gasteiger charge is 2.54. The number of benzene rings is 1. The molecule has 1 N–H and O–H groups in total. The van der Waals surface area contributed by atoms with Gasteiger partial charge in [0.25, 0.3) is 0 Å². The lowest BCUT2D eigenvalue weighted by atomic mass is 9.81. The molecule has 0 radical (unpaired) electrons. The Morgan fingerprint density at radius 1 is 1.40 bits per heavy atom. The molecular formula is C19H26N2O4. The van der Waals surface area contributed by atoms with E-state index < -0.39 is 11.4 Å². The minimum absolute atomic E-state index is 0.00594. The van der Waals surface area contributed by atoms with Gasteiger partial charge in [-0.1, -0.05) is 24.6 Å². The summed E-state index contributed by atoms with van der Waals surface area (Å²) in [6.07, 6.45) is 2.66. The van der Waals surface area contributed by atoms with E-state index in [-0.39, 0.29) is 18.4 Å². The highest BCUT2D eigenvalue weighted by atomic mass is 16.5. The van der Waals surface area contributed by atoms with Gasteiger partial charge in [0, 0.05) is 32.2 Å². The Morgan fingerprint density at radius 2 is 2.16 bits per heavy atom. The number of aliphatic carboxylic acids is 1. The number of carbonyl (C=O) groups is 2. The largest absolute Gasteiger partial charge is 0.496 e. The molecule has 25 heavy (non-hydrogen) atoms. The number of nitrogens with zero attached hydrogens (tertiary/aromatic N) is 2. The summed E-state index contributed by atoms with van der Waals surface area (Å²) in [6.45, 7) is 1.95. The average Bonchev–Trinajstić information content (AvgIpc) is 3.13. The zero-order valence-electron chi connectivity index (χ0n) is 14.9. The van der Waals surface area contributed by atoms with Gasteiger partial charge in [-0.2, -0.15) is 0 Å². The Morgan fingerprint density at radius 3 is 2.84 bits per heavy atom. The van der Waals surface area contributed by atoms with Crippen molar-refractivity contribution in [2.24, 2.45) is 11.3 Å². The lowest BCUT2D eigenvalue weighted by Crippen LogP contribution is -2.40. The van der Waals surface area contributed by atoms with Crippen molar-refractivity contribution < 1.29 is 19.4 Å². The number of carboxylic acid groups (broad SMARTS) is 1. The van der Waals surface area contributed by atoms with Crippen LogP contribution in [-0.2, 0) is 16.1 Å². The first kappa shape index (κ1) is 17.7. The number of likely N-dealkylation sites (tertiary alicyclic amines) is 1. The van der Waals surface area contributed by atoms with E-state index in [1.54, 1.807) is 19.1 Å². The molecule has 1 aliphatic carbocycles. The molecule has 0 bridgehead atoms. The average molecular weight is 346 g/mol. The van der Waals surface area contributed by atoms with Gasteiger partial charge in [0.1, 0.15) is 5.75 Å². The minimum atomic E-state index is -0.702. The number of methoxy groups -OCH3 is 1. The predicted molar refractivity (Wildman–Crippen MR) is 93.3 cm³/mol. The second-order valence-corrected chi connectivity index (χ2v) is 7.28. The molecule has 1 amide bonds. The first-order chi connectivity index (χ1) is 12.0. The number of ether oxygens (including phenoxy) is 1. The summed E-state index contributed by atoms with van der Waals surface area (Å²) in [5, 5.41) is 9.65. The third-order valence-corrected chi connectivity index (χ3v) is 5.75. The second-order valence-electron chi connectivity index (χ2n) is 7.28. The summed E-state index contributed by atoms with van der Waals surface area (Å²) in [5.74, 6) is 0.249. The third-order valence-electron chi connectivity index (χ3n) is 5.75. The molecule has 1 aromatic rings. The number of likely N-dealkylation sites (N-methyl/N-ethyl adjacent to an activating group) is 1. The van der Waals surface area contributed by atoms with Crippen LogP contribution in [0, 0.1) is 11.3 Å². The molecule has 0 spiro atoms. The summed E-state index contributed by atoms with van der Waals surface area (Å²) in [4.78, 5) is 28.0. The van der Waals surface area contributed by atoms with Gasteiger partial charge in [0.15, 0.2) is 0 Å². The van der Waals surface area contributed by atoms with Gasteiger partial charge in [-0.15, -0.1) is 0 Å². The Bertz CT molecular complexity index is 663. The summed E-state index contributed by atoms with van der Waals surface area (Å²) in [6, 6.07) is 7.65. The molecule has 2 atom stereocenters. The highest BCUT2D eigenvalue weighted by molar-refractivity contribution is 5.79. The van der Waals surface area contributed by atoms with Crippen molar-refractivity contribution >= 4 is 11.9 Å². The number of hydrogen-bond acceptors (Lipinski definition) is 4. The van der Waals surface area contributed by atoms with Gasteiger partial charge in [0.05, 0.1) is 19.1 Å². The number of para-hydroxylation sites is 1. The quantitative estimate of drug-likeness (QED) is 0.851. The maximum Gasteiger partial charge on any atom is 0.311 e. The molecule has 0 unspecified atom stereocenters. The number of carbonyl (C=O) groups excluding carboxylic acids is 1. The summed E-state index contributed by atoms with van der Waals surface area (Å²) in [5.41, 5.74) is 0.322. The molecule has 1 saturated carbocycles. The number of rotatable bonds is 6. The van der Waals surface area contributed by atoms with Gasteiger partial charge >= 0.3 is 5.97 Å². The summed E-state index contributed by atoms with van der Waals surface area (Å²) < 4.78 is 5.34. The summed E-state index contributed by atoms with van der Waals surface area (Å²) in [7, 11) is 3.40. The van der Waals surface area contributed by atoms with E-state index in [4.69, 9.17) is 4.74 Å². The van der Waals surface area contributed by atoms with Crippen molar-refractivity contribution in [3.8, 4) is 5.75 Å². The Labute approximate surface area is 148 Å². The second kappa shape index (κ2) is 7.04. The number of fused-ring (bicyclic) bond motifs is 1. The lowest BCUT2D eigenvalue weighted by Gasteiger charge is -2.25. The number of amides is 1. The van der Waals surface area contributed by atoms with Crippen LogP contribution in [0.25, 0.3) is 0 Å². The van der Waals surface area contributed by atoms with E-state index in [0.717, 1.165) is 30.6 Å². The first-order valence-electron chi connectivity index (χ1n) is 8.78. The normalized spacial score (nSPS) is 25.6. The van der Waals surface area contributed by atoms with Crippen molar-refractivity contribution in [2.45, 2.75) is 25.8 Å². The summed E-state index contributed by atoms with van der Waals surface area (Å²) >= 11 is 0. The molecule has 1 heterocycles. The standard InChI is InChI=1S/C19H26N2O4/c1-20(10-14-6-3-4-8-16(14)25-2)17(22)12-21-11-15-7-5-9-19(15,13-21)18(23)24/h3-4,6,8,15H,5,7,9-13H2,1-2H3,(H,23,24)/t15-,19+/m0/s1. The van der Waals surface area contributed by atoms with Crippen LogP contribution < -0.4 is 4.74 Å². The van der Waals surface area contributed by atoms with E-state index >= 15 is 0 Å². The smallest absolute Gasteiger partial charge is 0.311 e. The van der Waals surface area contributed by atoms with Gasteiger partial charge < -0.3 is 14.7 Å². The van der Waals surface area contributed by atoms with Gasteiger partial charge in [-0.3, -0.25) is 14.5 Å². The lowest BCUT2D eigenvalue weighted by molar-refractivity contribution is -0.149. The van der Waals surface area contributed by atoms with E-state index in [0.29, 0.717) is 19.6 Å². The monoisotopic (exact) mass is 346 g/mol. The molecule has 2 aliphatic rings. The highest BCUT2D eigenvalue weighted by Crippen LogP contribution is 2.48. The molecule has 1 aliphatic heterocycles. The van der Waals surface area contributed by atoms with Crippen molar-refractivity contribution in [2.75, 3.05) is 33.8 Å². The van der Waals surface area contributed by atoms with Gasteiger partial charge in [-0.25, -0.2) is 0 Å². The zero-order chi connectivity index (χ0) is 18.0. The van der Waals surface area contributed by atoms with Crippen molar-refractivity contribution in [1.82, 2.24) is 9.80 Å². The number of carboxylic acids is 1. The molecule has 136 valence electrons. The van der Waals surface area contributed by atoms with Crippen molar-refractivity contribution in [1.29, 1.82) is 0 Å². The van der Waals surface area contributed by atoms with E-state index in [1.165, 1.54) is 0 Å². The van der Waals surface area contributed by atoms with E-state index in [2.05, 4.69) is 0 Å². The predicted octanol–water partition coefficient (Wildman–Crippen LogP) is 1.84. The molecule has 1 saturated heterocycles. The minimum Gasteiger partial charge on any atom is -0.496 e. The molecule has 1 aromatic carbocycles. The van der Waals surface area contributed by atoms with Crippen LogP contribution in [0.5, 0.6) is 5.75 Å². The molecule has 6 heteroatoms. The van der Waals surface area contributed by atoms with Gasteiger partial charge in [0.2, 0.25) is 5.91 Å². The van der Waals surface area contributed by atoms with Crippen LogP contribution in [-0.4, -0.2) is 60.6 Å². The fraction of sp³-hybridized carbons (Fsp3) is 0.579. The zero-order valence-corrected chi connectivity index (χ0v) is 14.9. The maximum absolute atomic E-state index is 12.6. The van der Waals surface area contributed by atoms with Crippen LogP contribution in [0.4, 0.5) is 0 Å². The number of hydrogen-bond donors (Lipinski definition) is 1. The van der Waals surface area contributed by atoms with Crippen LogP contribution in [0.15, 0.2) is 24.3 Å². The van der Waals surface area contributed by atoms with Crippen LogP contribution in [0.2, 0.25) is 0 Å². The molecule has 0 aromatic heterocycles. The molecule has 3 rings (SSSR count). The van der Waals surface area contributed by atoms with Crippen molar-refractivity contribution in [3.05, 3.63) is 29.8 Å². The SMILES string of the molecule is COc1ccccc1CN(C)C(=O)CN1C[C@@H]2CCC[C@@]2(C(=O)O)C1. The van der Waals surface area contributed by atoms with Crippen LogP contribution in [0.3, 0.4) is 0 Å². The van der Waals surface area contributed by atoms with Crippen LogP contribution >= 0.6 is 0 Å². The van der Waals surface area contributed by atoms with Gasteiger partial charge in [-0.05, 0) is 24.8 Å². The third kappa shape index (κ3) is 3.35. The fourth-order valence-corrected chi connectivity index (χ4v) is 4.35. The topological polar surface area (TPSA) is 70.1 Å². The Hall–Kier alpha value is -2.08. The van der Waals surface area contributed by atoms with Crippen molar-refractivity contribution in [3.63, 3.8) is 0 Å². The Kier molecular flexibility index (Phi) is 4.99. The maximum atomic E-state index is 12.6. The fourth-order valence-electron chi connectivity index (χ4n) is 4.35. The molecule has 2 fully saturated rings. The van der Waals surface area contributed by atoms with Crippen LogP contribution in [0.1, 0.15) is 24.8 Å².